The molecule has 2 aromatic rings. The summed E-state index contributed by atoms with van der Waals surface area (Å²) in [4.78, 5) is 17.9. The number of nitrogens with zero attached hydrogens (tertiary/aromatic N) is 2. The highest BCUT2D eigenvalue weighted by Gasteiger charge is 2.55. The fourth-order valence-electron chi connectivity index (χ4n) is 5.65. The topological polar surface area (TPSA) is 43.8 Å². The van der Waals surface area contributed by atoms with Crippen LogP contribution >= 0.6 is 0 Å². The van der Waals surface area contributed by atoms with Gasteiger partial charge in [0.25, 0.3) is 0 Å². The number of piperidine rings is 3. The van der Waals surface area contributed by atoms with Crippen LogP contribution in [0, 0.1) is 5.92 Å². The lowest BCUT2D eigenvalue weighted by molar-refractivity contribution is -0.160. The Balaban J connectivity index is 1.72. The summed E-state index contributed by atoms with van der Waals surface area (Å²) in [5, 5.41) is 10.7. The first-order valence-electron chi connectivity index (χ1n) is 10.1. The van der Waals surface area contributed by atoms with Gasteiger partial charge in [-0.25, -0.2) is 4.79 Å². The highest BCUT2D eigenvalue weighted by molar-refractivity contribution is 5.86. The van der Waals surface area contributed by atoms with Gasteiger partial charge in [-0.3, -0.25) is 9.80 Å². The van der Waals surface area contributed by atoms with Crippen LogP contribution in [0.1, 0.15) is 36.0 Å². The van der Waals surface area contributed by atoms with Crippen LogP contribution in [0.25, 0.3) is 0 Å². The van der Waals surface area contributed by atoms with Crippen molar-refractivity contribution < 1.29 is 9.90 Å². The lowest BCUT2D eigenvalue weighted by atomic mass is 9.73. The van der Waals surface area contributed by atoms with Crippen LogP contribution in [0.4, 0.5) is 0 Å². The number of carboxylic acids is 1. The quantitative estimate of drug-likeness (QED) is 0.910. The summed E-state index contributed by atoms with van der Waals surface area (Å²) in [5.74, 6) is -0.0251. The monoisotopic (exact) mass is 362 g/mol. The number of aliphatic carboxylic acids is 1. The predicted molar refractivity (Wildman–Crippen MR) is 104 cm³/mol. The van der Waals surface area contributed by atoms with E-state index in [9.17, 15) is 9.90 Å². The summed E-state index contributed by atoms with van der Waals surface area (Å²) in [6.45, 7) is 2.97. The number of benzene rings is 2. The molecule has 0 spiro atoms. The molecule has 0 radical (unpaired) electrons. The lowest BCUT2D eigenvalue weighted by Gasteiger charge is -2.56. The number of rotatable bonds is 3. The smallest absolute Gasteiger partial charge is 0.333 e. The SMILES string of the molecule is O=C(O)C1(c2ccccc2)c2ccccc2CCN1C1CC2CCN1CC2. The molecule has 4 aliphatic heterocycles. The summed E-state index contributed by atoms with van der Waals surface area (Å²) in [5.41, 5.74) is 1.86. The molecule has 2 aromatic carbocycles. The van der Waals surface area contributed by atoms with Crippen LogP contribution in [0.15, 0.2) is 54.6 Å². The van der Waals surface area contributed by atoms with Crippen LogP contribution in [0.3, 0.4) is 0 Å². The van der Waals surface area contributed by atoms with Crippen molar-refractivity contribution >= 4 is 5.97 Å². The van der Waals surface area contributed by atoms with Crippen molar-refractivity contribution in [2.75, 3.05) is 19.6 Å². The van der Waals surface area contributed by atoms with E-state index in [0.29, 0.717) is 0 Å². The molecule has 0 aliphatic carbocycles. The minimum atomic E-state index is -1.11. The first kappa shape index (κ1) is 17.0. The van der Waals surface area contributed by atoms with Gasteiger partial charge in [-0.2, -0.15) is 0 Å². The van der Waals surface area contributed by atoms with Gasteiger partial charge in [0, 0.05) is 6.54 Å². The van der Waals surface area contributed by atoms with E-state index >= 15 is 0 Å². The largest absolute Gasteiger partial charge is 0.479 e. The van der Waals surface area contributed by atoms with Gasteiger partial charge in [0.1, 0.15) is 0 Å². The average molecular weight is 362 g/mol. The molecular formula is C23H26N2O2. The zero-order valence-electron chi connectivity index (χ0n) is 15.6. The van der Waals surface area contributed by atoms with E-state index in [-0.39, 0.29) is 6.17 Å². The number of carbonyl (C=O) groups is 1. The Labute approximate surface area is 160 Å². The molecule has 3 fully saturated rings. The summed E-state index contributed by atoms with van der Waals surface area (Å²) in [6, 6.07) is 18.0. The zero-order valence-corrected chi connectivity index (χ0v) is 15.6. The predicted octanol–water partition coefficient (Wildman–Crippen LogP) is 3.31. The van der Waals surface area contributed by atoms with Crippen LogP contribution in [-0.2, 0) is 16.8 Å². The van der Waals surface area contributed by atoms with Crippen molar-refractivity contribution in [3.8, 4) is 0 Å². The van der Waals surface area contributed by atoms with Gasteiger partial charge in [-0.05, 0) is 61.4 Å². The van der Waals surface area contributed by atoms with Crippen LogP contribution in [0.5, 0.6) is 0 Å². The van der Waals surface area contributed by atoms with Gasteiger partial charge in [-0.1, -0.05) is 54.6 Å². The fraction of sp³-hybridized carbons (Fsp3) is 0.435. The van der Waals surface area contributed by atoms with Gasteiger partial charge in [0.2, 0.25) is 0 Å². The first-order chi connectivity index (χ1) is 13.2. The lowest BCUT2D eigenvalue weighted by Crippen LogP contribution is -2.66. The summed E-state index contributed by atoms with van der Waals surface area (Å²) >= 11 is 0. The Morgan fingerprint density at radius 1 is 0.963 bits per heavy atom. The Bertz CT molecular complexity index is 844. The standard InChI is InChI=1S/C23H26N2O2/c26-22(27)23(19-7-2-1-3-8-19)20-9-5-4-6-18(20)12-15-25(23)21-16-17-10-13-24(21)14-11-17/h1-9,17,21H,10-16H2,(H,26,27). The molecule has 2 atom stereocenters. The molecule has 2 bridgehead atoms. The molecule has 6 rings (SSSR count). The molecule has 4 heteroatoms. The average Bonchev–Trinajstić information content (AvgIpc) is 2.74. The Morgan fingerprint density at radius 2 is 1.67 bits per heavy atom. The van der Waals surface area contributed by atoms with E-state index in [4.69, 9.17) is 0 Å². The van der Waals surface area contributed by atoms with Gasteiger partial charge in [0.05, 0.1) is 6.17 Å². The summed E-state index contributed by atoms with van der Waals surface area (Å²) in [7, 11) is 0. The molecule has 4 heterocycles. The number of hydrogen-bond donors (Lipinski definition) is 1. The molecule has 0 saturated carbocycles. The maximum absolute atomic E-state index is 13.0. The van der Waals surface area contributed by atoms with E-state index in [2.05, 4.69) is 15.9 Å². The van der Waals surface area contributed by atoms with Crippen molar-refractivity contribution in [1.82, 2.24) is 9.80 Å². The molecule has 2 unspecified atom stereocenters. The highest BCUT2D eigenvalue weighted by atomic mass is 16.4. The van der Waals surface area contributed by atoms with Crippen molar-refractivity contribution in [3.63, 3.8) is 0 Å². The third-order valence-electron chi connectivity index (χ3n) is 6.94. The second-order valence-corrected chi connectivity index (χ2v) is 8.18. The summed E-state index contributed by atoms with van der Waals surface area (Å²) in [6.07, 6.45) is 4.72. The molecule has 0 amide bonds. The van der Waals surface area contributed by atoms with E-state index in [1.165, 1.54) is 12.8 Å². The molecule has 140 valence electrons. The molecule has 3 saturated heterocycles. The van der Waals surface area contributed by atoms with Crippen molar-refractivity contribution in [2.24, 2.45) is 5.92 Å². The van der Waals surface area contributed by atoms with E-state index in [1.807, 2.05) is 48.5 Å². The maximum atomic E-state index is 13.0. The van der Waals surface area contributed by atoms with Crippen molar-refractivity contribution in [1.29, 1.82) is 0 Å². The molecule has 4 aliphatic rings. The zero-order chi connectivity index (χ0) is 18.4. The minimum Gasteiger partial charge on any atom is -0.479 e. The Hall–Kier alpha value is -2.17. The molecule has 4 nitrogen and oxygen atoms in total. The van der Waals surface area contributed by atoms with Crippen LogP contribution in [0.2, 0.25) is 0 Å². The van der Waals surface area contributed by atoms with Crippen molar-refractivity contribution in [2.45, 2.75) is 37.4 Å². The molecular weight excluding hydrogens is 336 g/mol. The Morgan fingerprint density at radius 3 is 2.33 bits per heavy atom. The summed E-state index contributed by atoms with van der Waals surface area (Å²) < 4.78 is 0. The van der Waals surface area contributed by atoms with Gasteiger partial charge in [-0.15, -0.1) is 0 Å². The normalized spacial score (nSPS) is 32.8. The van der Waals surface area contributed by atoms with Gasteiger partial charge < -0.3 is 5.11 Å². The molecule has 1 N–H and O–H groups in total. The number of carboxylic acid groups (broad SMARTS) is 1. The number of fused-ring (bicyclic) bond motifs is 4. The molecule has 27 heavy (non-hydrogen) atoms. The Kier molecular flexibility index (Phi) is 4.06. The minimum absolute atomic E-state index is 0.210. The van der Waals surface area contributed by atoms with Crippen LogP contribution in [-0.4, -0.2) is 46.7 Å². The van der Waals surface area contributed by atoms with E-state index in [1.54, 1.807) is 0 Å². The second-order valence-electron chi connectivity index (χ2n) is 8.18. The fourth-order valence-corrected chi connectivity index (χ4v) is 5.65. The second kappa shape index (κ2) is 6.47. The van der Waals surface area contributed by atoms with Gasteiger partial charge >= 0.3 is 5.97 Å². The number of hydrogen-bond acceptors (Lipinski definition) is 3. The maximum Gasteiger partial charge on any atom is 0.333 e. The highest BCUT2D eigenvalue weighted by Crippen LogP contribution is 2.46. The van der Waals surface area contributed by atoms with Crippen LogP contribution < -0.4 is 0 Å². The van der Waals surface area contributed by atoms with Crippen molar-refractivity contribution in [3.05, 3.63) is 71.3 Å². The van der Waals surface area contributed by atoms with E-state index < -0.39 is 11.5 Å². The van der Waals surface area contributed by atoms with E-state index in [0.717, 1.165) is 55.1 Å². The molecule has 0 aromatic heterocycles. The third kappa shape index (κ3) is 2.47. The first-order valence-corrected chi connectivity index (χ1v) is 10.1. The third-order valence-corrected chi connectivity index (χ3v) is 6.94. The van der Waals surface area contributed by atoms with Gasteiger partial charge in [0.15, 0.2) is 5.54 Å².